The average molecular weight is 233 g/mol. The molecule has 3 nitrogen and oxygen atoms in total. The summed E-state index contributed by atoms with van der Waals surface area (Å²) in [4.78, 5) is 11.8. The van der Waals surface area contributed by atoms with E-state index in [9.17, 15) is 9.18 Å². The summed E-state index contributed by atoms with van der Waals surface area (Å²) in [6.07, 6.45) is 1.43. The number of nitrogens with one attached hydrogen (secondary N) is 1. The number of hydrogen-bond donors (Lipinski definition) is 1. The van der Waals surface area contributed by atoms with Crippen LogP contribution in [0.3, 0.4) is 0 Å². The molecule has 1 aromatic heterocycles. The Kier molecular flexibility index (Phi) is 2.95. The van der Waals surface area contributed by atoms with Crippen LogP contribution >= 0.6 is 0 Å². The molecule has 1 aromatic carbocycles. The van der Waals surface area contributed by atoms with E-state index in [0.717, 1.165) is 11.1 Å². The summed E-state index contributed by atoms with van der Waals surface area (Å²) in [5, 5.41) is 2.49. The standard InChI is InChI=1S/C13H12FNO2/c1-8-3-4-10(14)11(7-8)15-13(16)12-9(2)5-6-17-12/h3-7H,1-2H3,(H,15,16). The smallest absolute Gasteiger partial charge is 0.291 e. The van der Waals surface area contributed by atoms with Crippen LogP contribution in [0.4, 0.5) is 10.1 Å². The Morgan fingerprint density at radius 1 is 1.29 bits per heavy atom. The number of hydrogen-bond acceptors (Lipinski definition) is 2. The van der Waals surface area contributed by atoms with Crippen LogP contribution in [0.2, 0.25) is 0 Å². The van der Waals surface area contributed by atoms with E-state index in [1.807, 2.05) is 6.92 Å². The molecule has 17 heavy (non-hydrogen) atoms. The van der Waals surface area contributed by atoms with Crippen molar-refractivity contribution in [2.75, 3.05) is 5.32 Å². The largest absolute Gasteiger partial charge is 0.459 e. The quantitative estimate of drug-likeness (QED) is 0.864. The highest BCUT2D eigenvalue weighted by Crippen LogP contribution is 2.18. The third-order valence-electron chi connectivity index (χ3n) is 2.44. The Morgan fingerprint density at radius 2 is 2.06 bits per heavy atom. The zero-order valence-electron chi connectivity index (χ0n) is 9.58. The first-order chi connectivity index (χ1) is 8.08. The Morgan fingerprint density at radius 3 is 2.71 bits per heavy atom. The number of anilines is 1. The third kappa shape index (κ3) is 2.36. The van der Waals surface area contributed by atoms with E-state index >= 15 is 0 Å². The van der Waals surface area contributed by atoms with Crippen LogP contribution in [-0.2, 0) is 0 Å². The maximum Gasteiger partial charge on any atom is 0.291 e. The number of aryl methyl sites for hydroxylation is 2. The van der Waals surface area contributed by atoms with Crippen molar-refractivity contribution < 1.29 is 13.6 Å². The van der Waals surface area contributed by atoms with Gasteiger partial charge < -0.3 is 9.73 Å². The molecule has 0 atom stereocenters. The van der Waals surface area contributed by atoms with Gasteiger partial charge in [-0.2, -0.15) is 0 Å². The fraction of sp³-hybridized carbons (Fsp3) is 0.154. The zero-order chi connectivity index (χ0) is 12.4. The number of rotatable bonds is 2. The first kappa shape index (κ1) is 11.4. The van der Waals surface area contributed by atoms with Crippen LogP contribution in [0.1, 0.15) is 21.7 Å². The summed E-state index contributed by atoms with van der Waals surface area (Å²) >= 11 is 0. The van der Waals surface area contributed by atoms with Gasteiger partial charge in [-0.15, -0.1) is 0 Å². The van der Waals surface area contributed by atoms with Crippen molar-refractivity contribution in [2.45, 2.75) is 13.8 Å². The van der Waals surface area contributed by atoms with E-state index in [0.29, 0.717) is 0 Å². The van der Waals surface area contributed by atoms with Gasteiger partial charge in [0.1, 0.15) is 5.82 Å². The molecule has 2 aromatic rings. The highest BCUT2D eigenvalue weighted by molar-refractivity contribution is 6.03. The predicted molar refractivity (Wildman–Crippen MR) is 62.5 cm³/mol. The summed E-state index contributed by atoms with van der Waals surface area (Å²) in [5.74, 6) is -0.712. The van der Waals surface area contributed by atoms with Gasteiger partial charge in [0.05, 0.1) is 12.0 Å². The highest BCUT2D eigenvalue weighted by Gasteiger charge is 2.14. The average Bonchev–Trinajstić information content (AvgIpc) is 2.70. The number of halogens is 1. The predicted octanol–water partition coefficient (Wildman–Crippen LogP) is 3.29. The lowest BCUT2D eigenvalue weighted by molar-refractivity contribution is 0.0995. The van der Waals surface area contributed by atoms with Crippen LogP contribution in [0, 0.1) is 19.7 Å². The van der Waals surface area contributed by atoms with E-state index in [-0.39, 0.29) is 11.4 Å². The minimum Gasteiger partial charge on any atom is -0.459 e. The van der Waals surface area contributed by atoms with Gasteiger partial charge in [-0.3, -0.25) is 4.79 Å². The molecular formula is C13H12FNO2. The number of carbonyl (C=O) groups is 1. The van der Waals surface area contributed by atoms with Crippen molar-refractivity contribution >= 4 is 11.6 Å². The maximum atomic E-state index is 13.4. The Labute approximate surface area is 98.3 Å². The Balaban J connectivity index is 2.24. The number of carbonyl (C=O) groups excluding carboxylic acids is 1. The molecule has 0 aliphatic rings. The molecule has 0 aliphatic carbocycles. The zero-order valence-corrected chi connectivity index (χ0v) is 9.58. The minimum absolute atomic E-state index is 0.158. The molecule has 0 fully saturated rings. The van der Waals surface area contributed by atoms with Crippen LogP contribution in [0.5, 0.6) is 0 Å². The van der Waals surface area contributed by atoms with Crippen molar-refractivity contribution in [1.82, 2.24) is 0 Å². The van der Waals surface area contributed by atoms with E-state index in [1.54, 1.807) is 25.1 Å². The van der Waals surface area contributed by atoms with Gasteiger partial charge in [0.25, 0.3) is 5.91 Å². The molecule has 1 heterocycles. The molecule has 88 valence electrons. The molecule has 4 heteroatoms. The second-order valence-corrected chi connectivity index (χ2v) is 3.87. The molecule has 0 aliphatic heterocycles. The topological polar surface area (TPSA) is 42.2 Å². The van der Waals surface area contributed by atoms with Crippen molar-refractivity contribution in [3.63, 3.8) is 0 Å². The van der Waals surface area contributed by atoms with Gasteiger partial charge in [0, 0.05) is 5.56 Å². The Bertz CT molecular complexity index is 560. The highest BCUT2D eigenvalue weighted by atomic mass is 19.1. The van der Waals surface area contributed by atoms with Crippen molar-refractivity contribution in [3.8, 4) is 0 Å². The molecule has 1 amide bonds. The summed E-state index contributed by atoms with van der Waals surface area (Å²) in [6.45, 7) is 3.58. The SMILES string of the molecule is Cc1ccc(F)c(NC(=O)c2occc2C)c1. The molecular weight excluding hydrogens is 221 g/mol. The summed E-state index contributed by atoms with van der Waals surface area (Å²) in [7, 11) is 0. The van der Waals surface area contributed by atoms with Crippen molar-refractivity contribution in [1.29, 1.82) is 0 Å². The molecule has 0 bridgehead atoms. The van der Waals surface area contributed by atoms with Gasteiger partial charge in [-0.05, 0) is 37.6 Å². The first-order valence-electron chi connectivity index (χ1n) is 5.19. The number of amides is 1. The second kappa shape index (κ2) is 4.41. The monoisotopic (exact) mass is 233 g/mol. The number of benzene rings is 1. The molecule has 0 radical (unpaired) electrons. The molecule has 1 N–H and O–H groups in total. The molecule has 2 rings (SSSR count). The van der Waals surface area contributed by atoms with Gasteiger partial charge in [0.15, 0.2) is 5.76 Å². The first-order valence-corrected chi connectivity index (χ1v) is 5.19. The normalized spacial score (nSPS) is 10.3. The van der Waals surface area contributed by atoms with Crippen molar-refractivity contribution in [3.05, 3.63) is 53.2 Å². The fourth-order valence-electron chi connectivity index (χ4n) is 1.52. The van der Waals surface area contributed by atoms with Crippen LogP contribution in [0.15, 0.2) is 34.9 Å². The lowest BCUT2D eigenvalue weighted by Crippen LogP contribution is -2.13. The van der Waals surface area contributed by atoms with Crippen LogP contribution in [0.25, 0.3) is 0 Å². The van der Waals surface area contributed by atoms with E-state index in [1.165, 1.54) is 12.3 Å². The van der Waals surface area contributed by atoms with Gasteiger partial charge in [-0.1, -0.05) is 6.07 Å². The van der Waals surface area contributed by atoms with E-state index in [2.05, 4.69) is 5.32 Å². The van der Waals surface area contributed by atoms with Crippen LogP contribution < -0.4 is 5.32 Å². The van der Waals surface area contributed by atoms with Crippen LogP contribution in [-0.4, -0.2) is 5.91 Å². The molecule has 0 unspecified atom stereocenters. The van der Waals surface area contributed by atoms with Crippen molar-refractivity contribution in [2.24, 2.45) is 0 Å². The van der Waals surface area contributed by atoms with Gasteiger partial charge in [-0.25, -0.2) is 4.39 Å². The molecule has 0 saturated heterocycles. The number of furan rings is 1. The molecule has 0 spiro atoms. The Hall–Kier alpha value is -2.10. The summed E-state index contributed by atoms with van der Waals surface area (Å²) < 4.78 is 18.5. The van der Waals surface area contributed by atoms with E-state index < -0.39 is 11.7 Å². The lowest BCUT2D eigenvalue weighted by Gasteiger charge is -2.06. The summed E-state index contributed by atoms with van der Waals surface area (Å²) in [5.41, 5.74) is 1.75. The van der Waals surface area contributed by atoms with Gasteiger partial charge in [0.2, 0.25) is 0 Å². The minimum atomic E-state index is -0.465. The third-order valence-corrected chi connectivity index (χ3v) is 2.44. The second-order valence-electron chi connectivity index (χ2n) is 3.87. The fourth-order valence-corrected chi connectivity index (χ4v) is 1.52. The maximum absolute atomic E-state index is 13.4. The summed E-state index contributed by atoms with van der Waals surface area (Å²) in [6, 6.07) is 6.22. The van der Waals surface area contributed by atoms with Gasteiger partial charge >= 0.3 is 0 Å². The molecule has 0 saturated carbocycles. The lowest BCUT2D eigenvalue weighted by atomic mass is 10.2. The van der Waals surface area contributed by atoms with E-state index in [4.69, 9.17) is 4.42 Å².